The molecule has 0 unspecified atom stereocenters. The molecule has 0 bridgehead atoms. The van der Waals surface area contributed by atoms with Gasteiger partial charge in [0.2, 0.25) is 0 Å². The third kappa shape index (κ3) is 2.28. The van der Waals surface area contributed by atoms with Gasteiger partial charge in [-0.2, -0.15) is 0 Å². The minimum atomic E-state index is -0.331. The van der Waals surface area contributed by atoms with Crippen LogP contribution in [-0.4, -0.2) is 4.98 Å². The number of hydrogen-bond acceptors (Lipinski definition) is 1. The van der Waals surface area contributed by atoms with Crippen LogP contribution in [0.25, 0.3) is 10.8 Å². The van der Waals surface area contributed by atoms with E-state index in [4.69, 9.17) is 0 Å². The summed E-state index contributed by atoms with van der Waals surface area (Å²) in [6.07, 6.45) is 1.92. The van der Waals surface area contributed by atoms with Crippen molar-refractivity contribution in [3.8, 4) is 0 Å². The van der Waals surface area contributed by atoms with Gasteiger partial charge in [0.1, 0.15) is 0 Å². The molecule has 3 aromatic rings. The molecule has 0 radical (unpaired) electrons. The zero-order valence-electron chi connectivity index (χ0n) is 9.13. The SMILES string of the molecule is c1cc[c]([Ir][c]2nccc3ccccc23)cc1. The summed E-state index contributed by atoms with van der Waals surface area (Å²) >= 11 is -0.331. The molecule has 0 N–H and O–H groups in total. The van der Waals surface area contributed by atoms with Gasteiger partial charge in [-0.1, -0.05) is 0 Å². The van der Waals surface area contributed by atoms with E-state index in [1.165, 1.54) is 19.1 Å². The predicted molar refractivity (Wildman–Crippen MR) is 67.5 cm³/mol. The molecule has 1 nitrogen and oxygen atoms in total. The molecular weight excluding hydrogens is 386 g/mol. The van der Waals surface area contributed by atoms with E-state index in [1.807, 2.05) is 6.20 Å². The van der Waals surface area contributed by atoms with Crippen molar-refractivity contribution in [3.05, 3.63) is 66.9 Å². The first kappa shape index (κ1) is 10.6. The summed E-state index contributed by atoms with van der Waals surface area (Å²) in [7, 11) is 0. The Bertz CT molecular complexity index is 629. The first-order valence-electron chi connectivity index (χ1n) is 5.43. The molecule has 0 fully saturated rings. The zero-order chi connectivity index (χ0) is 11.5. The molecule has 1 aromatic heterocycles. The number of aromatic nitrogens is 1. The quantitative estimate of drug-likeness (QED) is 0.647. The van der Waals surface area contributed by atoms with Gasteiger partial charge in [0.05, 0.1) is 0 Å². The van der Waals surface area contributed by atoms with Gasteiger partial charge >= 0.3 is 109 Å². The predicted octanol–water partition coefficient (Wildman–Crippen LogP) is 2.27. The molecule has 0 aliphatic carbocycles. The van der Waals surface area contributed by atoms with Crippen LogP contribution in [0.1, 0.15) is 0 Å². The fourth-order valence-corrected chi connectivity index (χ4v) is 4.40. The van der Waals surface area contributed by atoms with Crippen molar-refractivity contribution in [1.82, 2.24) is 4.98 Å². The monoisotopic (exact) mass is 398 g/mol. The summed E-state index contributed by atoms with van der Waals surface area (Å²) in [5, 5.41) is 2.59. The third-order valence-corrected chi connectivity index (χ3v) is 5.51. The Morgan fingerprint density at radius 3 is 2.41 bits per heavy atom. The van der Waals surface area contributed by atoms with E-state index in [0.717, 1.165) is 0 Å². The summed E-state index contributed by atoms with van der Waals surface area (Å²) in [6.45, 7) is 0. The van der Waals surface area contributed by atoms with Crippen LogP contribution >= 0.6 is 0 Å². The van der Waals surface area contributed by atoms with Crippen molar-refractivity contribution < 1.29 is 17.7 Å². The van der Waals surface area contributed by atoms with Crippen LogP contribution in [0.3, 0.4) is 0 Å². The molecule has 0 amide bonds. The number of rotatable bonds is 2. The molecule has 2 heteroatoms. The van der Waals surface area contributed by atoms with E-state index in [-0.39, 0.29) is 17.7 Å². The van der Waals surface area contributed by atoms with Crippen molar-refractivity contribution in [2.45, 2.75) is 0 Å². The molecule has 0 saturated carbocycles. The van der Waals surface area contributed by atoms with E-state index in [0.29, 0.717) is 0 Å². The Balaban J connectivity index is 2.06. The van der Waals surface area contributed by atoms with Crippen LogP contribution < -0.4 is 8.29 Å². The van der Waals surface area contributed by atoms with Gasteiger partial charge in [0.15, 0.2) is 0 Å². The molecule has 3 rings (SSSR count). The van der Waals surface area contributed by atoms with E-state index in [9.17, 15) is 0 Å². The standard InChI is InChI=1S/C9H6N.C6H5.Ir/c1-2-4-9-7-10-6-5-8(9)3-1;1-2-4-6-5-3-1;/h1-6H;1-5H;. The summed E-state index contributed by atoms with van der Waals surface area (Å²) in [5.41, 5.74) is 0. The molecule has 0 aliphatic rings. The second-order valence-corrected chi connectivity index (χ2v) is 6.77. The maximum absolute atomic E-state index is 4.56. The second-order valence-electron chi connectivity index (χ2n) is 3.65. The Kier molecular flexibility index (Phi) is 2.99. The molecular formula is C15H11IrN. The summed E-state index contributed by atoms with van der Waals surface area (Å²) < 4.78 is 2.70. The maximum atomic E-state index is 4.56. The van der Waals surface area contributed by atoms with Gasteiger partial charge in [-0.3, -0.25) is 0 Å². The molecule has 1 heterocycles. The van der Waals surface area contributed by atoms with Crippen LogP contribution in [0.15, 0.2) is 66.9 Å². The van der Waals surface area contributed by atoms with Crippen LogP contribution in [-0.2, 0) is 17.7 Å². The fraction of sp³-hybridized carbons (Fsp3) is 0. The number of nitrogens with zero attached hydrogens (tertiary/aromatic N) is 1. The van der Waals surface area contributed by atoms with Crippen LogP contribution in [0.2, 0.25) is 0 Å². The van der Waals surface area contributed by atoms with E-state index < -0.39 is 0 Å². The van der Waals surface area contributed by atoms with Crippen LogP contribution in [0, 0.1) is 0 Å². The molecule has 0 saturated heterocycles. The van der Waals surface area contributed by atoms with Gasteiger partial charge in [-0.15, -0.1) is 0 Å². The minimum absolute atomic E-state index is 0.331. The number of fused-ring (bicyclic) bond motifs is 1. The molecule has 17 heavy (non-hydrogen) atoms. The first-order chi connectivity index (χ1) is 8.43. The van der Waals surface area contributed by atoms with E-state index in [2.05, 4.69) is 65.6 Å². The number of hydrogen-bond donors (Lipinski definition) is 0. The fourth-order valence-electron chi connectivity index (χ4n) is 1.69. The number of pyridine rings is 1. The van der Waals surface area contributed by atoms with Gasteiger partial charge in [-0.25, -0.2) is 0 Å². The van der Waals surface area contributed by atoms with Crippen molar-refractivity contribution in [2.75, 3.05) is 0 Å². The molecule has 0 spiro atoms. The summed E-state index contributed by atoms with van der Waals surface area (Å²) in [4.78, 5) is 4.56. The zero-order valence-corrected chi connectivity index (χ0v) is 11.5. The van der Waals surface area contributed by atoms with Crippen LogP contribution in [0.5, 0.6) is 0 Å². The topological polar surface area (TPSA) is 12.9 Å². The van der Waals surface area contributed by atoms with Crippen LogP contribution in [0.4, 0.5) is 0 Å². The second kappa shape index (κ2) is 4.78. The van der Waals surface area contributed by atoms with Gasteiger partial charge < -0.3 is 0 Å². The molecule has 0 atom stereocenters. The molecule has 0 aliphatic heterocycles. The summed E-state index contributed by atoms with van der Waals surface area (Å²) in [6, 6.07) is 21.2. The van der Waals surface area contributed by atoms with Gasteiger partial charge in [0, 0.05) is 0 Å². The van der Waals surface area contributed by atoms with Gasteiger partial charge in [0.25, 0.3) is 0 Å². The van der Waals surface area contributed by atoms with E-state index in [1.54, 1.807) is 0 Å². The number of benzene rings is 2. The average Bonchev–Trinajstić information content (AvgIpc) is 2.40. The first-order valence-corrected chi connectivity index (χ1v) is 7.82. The Morgan fingerprint density at radius 2 is 1.53 bits per heavy atom. The Hall–Kier alpha value is -1.50. The summed E-state index contributed by atoms with van der Waals surface area (Å²) in [5.74, 6) is 0. The van der Waals surface area contributed by atoms with Gasteiger partial charge in [-0.05, 0) is 0 Å². The average molecular weight is 397 g/mol. The van der Waals surface area contributed by atoms with Crippen molar-refractivity contribution in [3.63, 3.8) is 0 Å². The van der Waals surface area contributed by atoms with Crippen molar-refractivity contribution >= 4 is 19.1 Å². The molecule has 2 aromatic carbocycles. The third-order valence-electron chi connectivity index (χ3n) is 2.50. The normalized spacial score (nSPS) is 10.8. The molecule has 85 valence electrons. The van der Waals surface area contributed by atoms with Crippen molar-refractivity contribution in [1.29, 1.82) is 0 Å². The van der Waals surface area contributed by atoms with E-state index >= 15 is 0 Å². The van der Waals surface area contributed by atoms with Crippen molar-refractivity contribution in [2.24, 2.45) is 0 Å². The Labute approximate surface area is 108 Å². The Morgan fingerprint density at radius 1 is 0.765 bits per heavy atom.